The van der Waals surface area contributed by atoms with Crippen LogP contribution < -0.4 is 5.32 Å². The van der Waals surface area contributed by atoms with Crippen LogP contribution in [0, 0.1) is 0 Å². The van der Waals surface area contributed by atoms with E-state index in [1.165, 1.54) is 30.5 Å². The number of rotatable bonds is 6. The molecule has 22 heavy (non-hydrogen) atoms. The molecule has 1 aromatic heterocycles. The maximum absolute atomic E-state index is 12.0. The Kier molecular flexibility index (Phi) is 4.94. The van der Waals surface area contributed by atoms with E-state index in [9.17, 15) is 8.42 Å². The number of hydrogen-bond acceptors (Lipinski definition) is 6. The summed E-state index contributed by atoms with van der Waals surface area (Å²) < 4.78 is 30.4. The van der Waals surface area contributed by atoms with Crippen molar-refractivity contribution < 1.29 is 12.9 Å². The Hall–Kier alpha value is -1.77. The van der Waals surface area contributed by atoms with Crippen molar-refractivity contribution in [3.05, 3.63) is 30.1 Å². The zero-order valence-electron chi connectivity index (χ0n) is 13.1. The van der Waals surface area contributed by atoms with Crippen molar-refractivity contribution in [2.45, 2.75) is 24.3 Å². The van der Waals surface area contributed by atoms with Crippen LogP contribution in [-0.2, 0) is 16.4 Å². The molecule has 2 aromatic rings. The standard InChI is InChI=1S/C14H20N4O3S/c1-10(15-2)9-13-16-14(21-17-13)11-5-7-12(8-6-11)22(19,20)18(3)4/h5-8,10,15H,9H2,1-4H3. The summed E-state index contributed by atoms with van der Waals surface area (Å²) in [5.41, 5.74) is 0.688. The molecule has 0 aliphatic carbocycles. The van der Waals surface area contributed by atoms with Gasteiger partial charge in [-0.2, -0.15) is 4.98 Å². The summed E-state index contributed by atoms with van der Waals surface area (Å²) in [6, 6.07) is 6.64. The summed E-state index contributed by atoms with van der Waals surface area (Å²) in [7, 11) is 1.43. The summed E-state index contributed by atoms with van der Waals surface area (Å²) in [5.74, 6) is 0.994. The normalized spacial score (nSPS) is 13.5. The van der Waals surface area contributed by atoms with Gasteiger partial charge in [0.15, 0.2) is 5.82 Å². The van der Waals surface area contributed by atoms with Gasteiger partial charge < -0.3 is 9.84 Å². The summed E-state index contributed by atoms with van der Waals surface area (Å²) in [6.45, 7) is 2.02. The van der Waals surface area contributed by atoms with Crippen LogP contribution in [0.5, 0.6) is 0 Å². The minimum Gasteiger partial charge on any atom is -0.334 e. The molecule has 0 saturated heterocycles. The van der Waals surface area contributed by atoms with E-state index < -0.39 is 10.0 Å². The van der Waals surface area contributed by atoms with Crippen LogP contribution in [0.3, 0.4) is 0 Å². The van der Waals surface area contributed by atoms with Crippen molar-refractivity contribution in [1.82, 2.24) is 19.8 Å². The summed E-state index contributed by atoms with van der Waals surface area (Å²) in [4.78, 5) is 4.54. The molecule has 1 aromatic carbocycles. The lowest BCUT2D eigenvalue weighted by Gasteiger charge is -2.10. The number of likely N-dealkylation sites (N-methyl/N-ethyl adjacent to an activating group) is 1. The second-order valence-corrected chi connectivity index (χ2v) is 7.37. The van der Waals surface area contributed by atoms with Gasteiger partial charge in [0, 0.05) is 32.1 Å². The molecule has 0 saturated carbocycles. The fourth-order valence-corrected chi connectivity index (χ4v) is 2.71. The van der Waals surface area contributed by atoms with E-state index in [0.717, 1.165) is 0 Å². The molecule has 0 amide bonds. The third kappa shape index (κ3) is 3.52. The topological polar surface area (TPSA) is 88.3 Å². The van der Waals surface area contributed by atoms with Gasteiger partial charge in [0.05, 0.1) is 4.90 Å². The largest absolute Gasteiger partial charge is 0.334 e. The molecule has 0 aliphatic rings. The first-order valence-corrected chi connectivity index (χ1v) is 8.31. The fourth-order valence-electron chi connectivity index (χ4n) is 1.81. The molecular formula is C14H20N4O3S. The first kappa shape index (κ1) is 16.6. The molecular weight excluding hydrogens is 304 g/mol. The Balaban J connectivity index is 2.21. The molecule has 2 rings (SSSR count). The van der Waals surface area contributed by atoms with Gasteiger partial charge in [0.1, 0.15) is 0 Å². The zero-order valence-corrected chi connectivity index (χ0v) is 13.9. The van der Waals surface area contributed by atoms with Crippen LogP contribution in [-0.4, -0.2) is 50.0 Å². The molecule has 1 N–H and O–H groups in total. The van der Waals surface area contributed by atoms with Crippen molar-refractivity contribution in [3.8, 4) is 11.5 Å². The lowest BCUT2D eigenvalue weighted by molar-refractivity contribution is 0.418. The Bertz CT molecular complexity index is 723. The third-order valence-electron chi connectivity index (χ3n) is 3.33. The van der Waals surface area contributed by atoms with Crippen LogP contribution in [0.4, 0.5) is 0 Å². The molecule has 7 nitrogen and oxygen atoms in total. The summed E-state index contributed by atoms with van der Waals surface area (Å²) >= 11 is 0. The van der Waals surface area contributed by atoms with Gasteiger partial charge in [-0.3, -0.25) is 0 Å². The van der Waals surface area contributed by atoms with Gasteiger partial charge >= 0.3 is 0 Å². The van der Waals surface area contributed by atoms with Gasteiger partial charge in [-0.25, -0.2) is 12.7 Å². The lowest BCUT2D eigenvalue weighted by atomic mass is 10.2. The van der Waals surface area contributed by atoms with Crippen molar-refractivity contribution in [1.29, 1.82) is 0 Å². The van der Waals surface area contributed by atoms with Crippen LogP contribution in [0.2, 0.25) is 0 Å². The predicted molar refractivity (Wildman–Crippen MR) is 82.8 cm³/mol. The second-order valence-electron chi connectivity index (χ2n) is 5.22. The Morgan fingerprint density at radius 1 is 1.27 bits per heavy atom. The van der Waals surface area contributed by atoms with E-state index in [0.29, 0.717) is 23.7 Å². The van der Waals surface area contributed by atoms with E-state index in [4.69, 9.17) is 4.52 Å². The molecule has 0 spiro atoms. The number of benzene rings is 1. The van der Waals surface area contributed by atoms with Crippen molar-refractivity contribution in [2.75, 3.05) is 21.1 Å². The van der Waals surface area contributed by atoms with Crippen LogP contribution in [0.1, 0.15) is 12.7 Å². The highest BCUT2D eigenvalue weighted by molar-refractivity contribution is 7.89. The SMILES string of the molecule is CNC(C)Cc1noc(-c2ccc(S(=O)(=O)N(C)C)cc2)n1. The Morgan fingerprint density at radius 3 is 2.45 bits per heavy atom. The van der Waals surface area contributed by atoms with E-state index in [-0.39, 0.29) is 10.9 Å². The average Bonchev–Trinajstić information content (AvgIpc) is 2.95. The third-order valence-corrected chi connectivity index (χ3v) is 5.16. The van der Waals surface area contributed by atoms with Gasteiger partial charge in [-0.1, -0.05) is 5.16 Å². The summed E-state index contributed by atoms with van der Waals surface area (Å²) in [6.07, 6.45) is 0.660. The average molecular weight is 324 g/mol. The Morgan fingerprint density at radius 2 is 1.91 bits per heavy atom. The minimum atomic E-state index is -3.43. The van der Waals surface area contributed by atoms with Crippen LogP contribution in [0.15, 0.2) is 33.7 Å². The van der Waals surface area contributed by atoms with E-state index in [1.54, 1.807) is 12.1 Å². The van der Waals surface area contributed by atoms with Gasteiger partial charge in [-0.05, 0) is 38.2 Å². The van der Waals surface area contributed by atoms with E-state index in [2.05, 4.69) is 15.5 Å². The number of sulfonamides is 1. The molecule has 1 heterocycles. The number of nitrogens with zero attached hydrogens (tertiary/aromatic N) is 3. The number of nitrogens with one attached hydrogen (secondary N) is 1. The lowest BCUT2D eigenvalue weighted by Crippen LogP contribution is -2.24. The highest BCUT2D eigenvalue weighted by Crippen LogP contribution is 2.21. The van der Waals surface area contributed by atoms with Gasteiger partial charge in [0.2, 0.25) is 10.0 Å². The molecule has 0 bridgehead atoms. The zero-order chi connectivity index (χ0) is 16.3. The van der Waals surface area contributed by atoms with Crippen molar-refractivity contribution in [2.24, 2.45) is 0 Å². The molecule has 1 unspecified atom stereocenters. The minimum absolute atomic E-state index is 0.227. The van der Waals surface area contributed by atoms with E-state index >= 15 is 0 Å². The van der Waals surface area contributed by atoms with E-state index in [1.807, 2.05) is 14.0 Å². The Labute approximate surface area is 130 Å². The quantitative estimate of drug-likeness (QED) is 0.857. The first-order valence-electron chi connectivity index (χ1n) is 6.87. The second kappa shape index (κ2) is 6.55. The molecule has 120 valence electrons. The number of aromatic nitrogens is 2. The van der Waals surface area contributed by atoms with Crippen molar-refractivity contribution in [3.63, 3.8) is 0 Å². The fraction of sp³-hybridized carbons (Fsp3) is 0.429. The smallest absolute Gasteiger partial charge is 0.257 e. The molecule has 1 atom stereocenters. The summed E-state index contributed by atoms with van der Waals surface area (Å²) in [5, 5.41) is 7.03. The molecule has 0 fully saturated rings. The molecule has 8 heteroatoms. The molecule has 0 aliphatic heterocycles. The van der Waals surface area contributed by atoms with Crippen LogP contribution in [0.25, 0.3) is 11.5 Å². The highest BCUT2D eigenvalue weighted by atomic mass is 32.2. The van der Waals surface area contributed by atoms with Crippen LogP contribution >= 0.6 is 0 Å². The highest BCUT2D eigenvalue weighted by Gasteiger charge is 2.18. The maximum Gasteiger partial charge on any atom is 0.257 e. The first-order chi connectivity index (χ1) is 10.3. The van der Waals surface area contributed by atoms with Gasteiger partial charge in [-0.15, -0.1) is 0 Å². The molecule has 0 radical (unpaired) electrons. The maximum atomic E-state index is 12.0. The number of hydrogen-bond donors (Lipinski definition) is 1. The van der Waals surface area contributed by atoms with Crippen molar-refractivity contribution >= 4 is 10.0 Å². The monoisotopic (exact) mass is 324 g/mol. The van der Waals surface area contributed by atoms with Gasteiger partial charge in [0.25, 0.3) is 5.89 Å². The predicted octanol–water partition coefficient (Wildman–Crippen LogP) is 1.14.